The van der Waals surface area contributed by atoms with Crippen molar-refractivity contribution in [1.82, 2.24) is 4.98 Å². The molecule has 0 saturated heterocycles. The second-order valence-electron chi connectivity index (χ2n) is 5.03. The van der Waals surface area contributed by atoms with Crippen molar-refractivity contribution in [2.24, 2.45) is 0 Å². The Labute approximate surface area is 125 Å². The fourth-order valence-electron chi connectivity index (χ4n) is 2.43. The molecule has 0 radical (unpaired) electrons. The van der Waals surface area contributed by atoms with Crippen LogP contribution in [-0.4, -0.2) is 4.98 Å². The van der Waals surface area contributed by atoms with Crippen LogP contribution in [-0.2, 0) is 6.42 Å². The molecule has 0 aliphatic rings. The fraction of sp³-hybridized carbons (Fsp3) is 0.105. The van der Waals surface area contributed by atoms with E-state index in [9.17, 15) is 0 Å². The maximum absolute atomic E-state index is 4.09. The smallest absolute Gasteiger partial charge is 0.0554 e. The van der Waals surface area contributed by atoms with Gasteiger partial charge in [0.15, 0.2) is 0 Å². The molecule has 1 aromatic heterocycles. The first-order chi connectivity index (χ1) is 10.4. The summed E-state index contributed by atoms with van der Waals surface area (Å²) in [6.45, 7) is 0. The van der Waals surface area contributed by atoms with Gasteiger partial charge in [-0.1, -0.05) is 48.5 Å². The molecule has 0 amide bonds. The summed E-state index contributed by atoms with van der Waals surface area (Å²) >= 11 is 0. The summed E-state index contributed by atoms with van der Waals surface area (Å²) in [7, 11) is 0. The van der Waals surface area contributed by atoms with Crippen LogP contribution in [0.25, 0.3) is 0 Å². The van der Waals surface area contributed by atoms with Gasteiger partial charge in [-0.3, -0.25) is 4.98 Å². The summed E-state index contributed by atoms with van der Waals surface area (Å²) in [5.41, 5.74) is 3.71. The summed E-state index contributed by atoms with van der Waals surface area (Å²) in [5, 5.41) is 3.62. The molecule has 0 bridgehead atoms. The molecule has 1 heterocycles. The van der Waals surface area contributed by atoms with Crippen LogP contribution in [0, 0.1) is 0 Å². The highest BCUT2D eigenvalue weighted by Gasteiger charge is 2.11. The number of hydrogen-bond acceptors (Lipinski definition) is 2. The number of pyridine rings is 1. The Bertz CT molecular complexity index is 609. The van der Waals surface area contributed by atoms with E-state index >= 15 is 0 Å². The number of aromatic nitrogens is 1. The van der Waals surface area contributed by atoms with E-state index in [0.717, 1.165) is 12.1 Å². The van der Waals surface area contributed by atoms with Gasteiger partial charge in [-0.15, -0.1) is 0 Å². The minimum Gasteiger partial charge on any atom is -0.378 e. The molecule has 3 aromatic rings. The van der Waals surface area contributed by atoms with E-state index in [1.54, 1.807) is 0 Å². The van der Waals surface area contributed by atoms with E-state index in [0.29, 0.717) is 0 Å². The van der Waals surface area contributed by atoms with E-state index in [-0.39, 0.29) is 6.04 Å². The molecule has 2 nitrogen and oxygen atoms in total. The molecule has 0 saturated carbocycles. The number of hydrogen-bond donors (Lipinski definition) is 1. The number of nitrogens with zero attached hydrogens (tertiary/aromatic N) is 1. The highest BCUT2D eigenvalue weighted by molar-refractivity contribution is 5.45. The molecular formula is C19H18N2. The zero-order valence-corrected chi connectivity index (χ0v) is 11.8. The van der Waals surface area contributed by atoms with Gasteiger partial charge in [-0.05, 0) is 41.8 Å². The topological polar surface area (TPSA) is 24.9 Å². The summed E-state index contributed by atoms with van der Waals surface area (Å²) in [6.07, 6.45) is 4.63. The van der Waals surface area contributed by atoms with Crippen molar-refractivity contribution >= 4 is 5.69 Å². The maximum Gasteiger partial charge on any atom is 0.0554 e. The van der Waals surface area contributed by atoms with Crippen LogP contribution in [0.2, 0.25) is 0 Å². The lowest BCUT2D eigenvalue weighted by atomic mass is 9.99. The lowest BCUT2D eigenvalue weighted by Crippen LogP contribution is -2.13. The number of para-hydroxylation sites is 1. The number of rotatable bonds is 5. The van der Waals surface area contributed by atoms with Crippen LogP contribution in [0.5, 0.6) is 0 Å². The van der Waals surface area contributed by atoms with Gasteiger partial charge in [0.2, 0.25) is 0 Å². The Kier molecular flexibility index (Phi) is 4.27. The number of benzene rings is 2. The summed E-state index contributed by atoms with van der Waals surface area (Å²) in [4.78, 5) is 4.09. The van der Waals surface area contributed by atoms with Gasteiger partial charge in [0.25, 0.3) is 0 Å². The molecule has 0 aliphatic heterocycles. The van der Waals surface area contributed by atoms with E-state index in [4.69, 9.17) is 0 Å². The zero-order chi connectivity index (χ0) is 14.3. The minimum absolute atomic E-state index is 0.246. The molecule has 3 rings (SSSR count). The third-order valence-electron chi connectivity index (χ3n) is 3.51. The zero-order valence-electron chi connectivity index (χ0n) is 11.8. The highest BCUT2D eigenvalue weighted by atomic mass is 14.9. The standard InChI is InChI=1S/C19H18N2/c1-3-7-17(8-4-1)19(15-16-11-13-20-14-12-16)21-18-9-5-2-6-10-18/h1-14,19,21H,15H2. The normalized spacial score (nSPS) is 11.8. The van der Waals surface area contributed by atoms with Gasteiger partial charge < -0.3 is 5.32 Å². The molecular weight excluding hydrogens is 256 g/mol. The average molecular weight is 274 g/mol. The summed E-state index contributed by atoms with van der Waals surface area (Å²) in [5.74, 6) is 0. The second kappa shape index (κ2) is 6.71. The molecule has 2 aromatic carbocycles. The second-order valence-corrected chi connectivity index (χ2v) is 5.03. The maximum atomic E-state index is 4.09. The van der Waals surface area contributed by atoms with Crippen molar-refractivity contribution in [3.63, 3.8) is 0 Å². The molecule has 2 heteroatoms. The van der Waals surface area contributed by atoms with Crippen LogP contribution in [0.3, 0.4) is 0 Å². The monoisotopic (exact) mass is 274 g/mol. The average Bonchev–Trinajstić information content (AvgIpc) is 2.57. The van der Waals surface area contributed by atoms with Crippen molar-refractivity contribution in [3.05, 3.63) is 96.3 Å². The van der Waals surface area contributed by atoms with E-state index < -0.39 is 0 Å². The van der Waals surface area contributed by atoms with Gasteiger partial charge in [0, 0.05) is 18.1 Å². The Morgan fingerprint density at radius 3 is 2.05 bits per heavy atom. The van der Waals surface area contributed by atoms with E-state index in [2.05, 4.69) is 77.0 Å². The van der Waals surface area contributed by atoms with Gasteiger partial charge in [-0.2, -0.15) is 0 Å². The lowest BCUT2D eigenvalue weighted by molar-refractivity contribution is 0.774. The van der Waals surface area contributed by atoms with Crippen molar-refractivity contribution in [3.8, 4) is 0 Å². The predicted octanol–water partition coefficient (Wildman–Crippen LogP) is 4.48. The van der Waals surface area contributed by atoms with Crippen molar-refractivity contribution in [2.75, 3.05) is 5.32 Å². The first kappa shape index (κ1) is 13.4. The van der Waals surface area contributed by atoms with E-state index in [1.807, 2.05) is 18.5 Å². The van der Waals surface area contributed by atoms with Gasteiger partial charge in [0.05, 0.1) is 6.04 Å². The van der Waals surface area contributed by atoms with E-state index in [1.165, 1.54) is 11.1 Å². The van der Waals surface area contributed by atoms with Crippen LogP contribution >= 0.6 is 0 Å². The molecule has 1 atom stereocenters. The van der Waals surface area contributed by atoms with Crippen LogP contribution in [0.1, 0.15) is 17.2 Å². The molecule has 1 unspecified atom stereocenters. The quantitative estimate of drug-likeness (QED) is 0.742. The van der Waals surface area contributed by atoms with Crippen molar-refractivity contribution in [2.45, 2.75) is 12.5 Å². The van der Waals surface area contributed by atoms with Crippen LogP contribution < -0.4 is 5.32 Å². The van der Waals surface area contributed by atoms with Gasteiger partial charge >= 0.3 is 0 Å². The Morgan fingerprint density at radius 1 is 0.762 bits per heavy atom. The summed E-state index contributed by atoms with van der Waals surface area (Å²) < 4.78 is 0. The molecule has 0 aliphatic carbocycles. The van der Waals surface area contributed by atoms with Crippen molar-refractivity contribution < 1.29 is 0 Å². The van der Waals surface area contributed by atoms with Crippen LogP contribution in [0.15, 0.2) is 85.2 Å². The molecule has 0 fully saturated rings. The van der Waals surface area contributed by atoms with Gasteiger partial charge in [0.1, 0.15) is 0 Å². The Hall–Kier alpha value is -2.61. The van der Waals surface area contributed by atoms with Crippen molar-refractivity contribution in [1.29, 1.82) is 0 Å². The third kappa shape index (κ3) is 3.69. The first-order valence-electron chi connectivity index (χ1n) is 7.17. The van der Waals surface area contributed by atoms with Crippen LogP contribution in [0.4, 0.5) is 5.69 Å². The fourth-order valence-corrected chi connectivity index (χ4v) is 2.43. The SMILES string of the molecule is c1ccc(NC(Cc2ccncc2)c2ccccc2)cc1. The largest absolute Gasteiger partial charge is 0.378 e. The Morgan fingerprint density at radius 2 is 1.38 bits per heavy atom. The molecule has 1 N–H and O–H groups in total. The number of anilines is 1. The minimum atomic E-state index is 0.246. The third-order valence-corrected chi connectivity index (χ3v) is 3.51. The predicted molar refractivity (Wildman–Crippen MR) is 87.2 cm³/mol. The lowest BCUT2D eigenvalue weighted by Gasteiger charge is -2.20. The Balaban J connectivity index is 1.84. The molecule has 21 heavy (non-hydrogen) atoms. The van der Waals surface area contributed by atoms with Gasteiger partial charge in [-0.25, -0.2) is 0 Å². The first-order valence-corrected chi connectivity index (χ1v) is 7.17. The summed E-state index contributed by atoms with van der Waals surface area (Å²) in [6, 6.07) is 25.3. The highest BCUT2D eigenvalue weighted by Crippen LogP contribution is 2.23. The molecule has 104 valence electrons. The molecule has 0 spiro atoms. The number of nitrogens with one attached hydrogen (secondary N) is 1.